The van der Waals surface area contributed by atoms with Crippen LogP contribution >= 0.6 is 11.6 Å². The number of ether oxygens (including phenoxy) is 1. The van der Waals surface area contributed by atoms with Crippen molar-refractivity contribution in [1.29, 1.82) is 0 Å². The van der Waals surface area contributed by atoms with E-state index in [1.807, 2.05) is 6.07 Å². The van der Waals surface area contributed by atoms with E-state index in [1.165, 1.54) is 0 Å². The van der Waals surface area contributed by atoms with Crippen LogP contribution in [0.2, 0.25) is 5.02 Å². The van der Waals surface area contributed by atoms with Gasteiger partial charge in [-0.2, -0.15) is 0 Å². The van der Waals surface area contributed by atoms with E-state index in [-0.39, 0.29) is 7.48 Å². The number of hydrogen-bond acceptors (Lipinski definition) is 2. The first-order valence-corrected chi connectivity index (χ1v) is 4.95. The van der Waals surface area contributed by atoms with Gasteiger partial charge in [-0.25, -0.2) is 0 Å². The summed E-state index contributed by atoms with van der Waals surface area (Å²) in [6.45, 7) is 4.13. The zero-order valence-corrected chi connectivity index (χ0v) is 9.43. The molecule has 0 atom stereocenters. The maximum atomic E-state index is 9.12. The second kappa shape index (κ2) is 4.71. The van der Waals surface area contributed by atoms with E-state index in [0.29, 0.717) is 16.7 Å². The van der Waals surface area contributed by atoms with Crippen LogP contribution in [0, 0.1) is 0 Å². The number of hydrogen-bond donors (Lipinski definition) is 1. The molecular weight excluding hydrogens is 198 g/mol. The maximum Gasteiger partial charge on any atom is 0.308 e. The molecule has 4 heteroatoms. The molecule has 0 fully saturated rings. The molecular formula is C10H14BClO2. The number of halogens is 1. The van der Waals surface area contributed by atoms with Crippen LogP contribution in [0.25, 0.3) is 0 Å². The van der Waals surface area contributed by atoms with Crippen LogP contribution in [0.4, 0.5) is 0 Å². The minimum Gasteiger partial charge on any atom is -0.497 e. The van der Waals surface area contributed by atoms with Gasteiger partial charge in [0.2, 0.25) is 0 Å². The zero-order valence-electron chi connectivity index (χ0n) is 8.67. The molecule has 1 aromatic rings. The molecule has 76 valence electrons. The SMILES string of the molecule is COc1cc(Cl)c(C(C)C)cc1BO. The fourth-order valence-electron chi connectivity index (χ4n) is 1.37. The van der Waals surface area contributed by atoms with E-state index in [0.717, 1.165) is 11.0 Å². The first kappa shape index (κ1) is 11.4. The third-order valence-electron chi connectivity index (χ3n) is 2.19. The van der Waals surface area contributed by atoms with Gasteiger partial charge in [-0.3, -0.25) is 0 Å². The summed E-state index contributed by atoms with van der Waals surface area (Å²) < 4.78 is 5.11. The van der Waals surface area contributed by atoms with Crippen LogP contribution in [0.1, 0.15) is 25.3 Å². The highest BCUT2D eigenvalue weighted by Gasteiger charge is 2.11. The molecule has 2 nitrogen and oxygen atoms in total. The molecule has 1 N–H and O–H groups in total. The Labute approximate surface area is 90.1 Å². The van der Waals surface area contributed by atoms with Crippen LogP contribution in [-0.2, 0) is 0 Å². The number of rotatable bonds is 3. The van der Waals surface area contributed by atoms with Crippen molar-refractivity contribution in [3.05, 3.63) is 22.7 Å². The lowest BCUT2D eigenvalue weighted by molar-refractivity contribution is 0.417. The first-order valence-electron chi connectivity index (χ1n) is 4.57. The molecule has 0 heterocycles. The molecule has 0 aliphatic carbocycles. The van der Waals surface area contributed by atoms with E-state index in [4.69, 9.17) is 21.4 Å². The smallest absolute Gasteiger partial charge is 0.308 e. The third-order valence-corrected chi connectivity index (χ3v) is 2.52. The predicted molar refractivity (Wildman–Crippen MR) is 61.1 cm³/mol. The summed E-state index contributed by atoms with van der Waals surface area (Å²) >= 11 is 6.07. The van der Waals surface area contributed by atoms with Gasteiger partial charge in [-0.05, 0) is 23.0 Å². The molecule has 0 spiro atoms. The lowest BCUT2D eigenvalue weighted by atomic mass is 9.85. The van der Waals surface area contributed by atoms with E-state index in [2.05, 4.69) is 13.8 Å². The van der Waals surface area contributed by atoms with Gasteiger partial charge in [-0.15, -0.1) is 0 Å². The van der Waals surface area contributed by atoms with Gasteiger partial charge in [0.1, 0.15) is 5.75 Å². The van der Waals surface area contributed by atoms with E-state index >= 15 is 0 Å². The molecule has 0 unspecified atom stereocenters. The average Bonchev–Trinajstić information content (AvgIpc) is 2.16. The molecule has 0 radical (unpaired) electrons. The number of methoxy groups -OCH3 is 1. The van der Waals surface area contributed by atoms with Crippen molar-refractivity contribution >= 4 is 24.5 Å². The molecule has 1 rings (SSSR count). The lowest BCUT2D eigenvalue weighted by Gasteiger charge is -2.13. The Morgan fingerprint density at radius 1 is 1.43 bits per heavy atom. The second-order valence-electron chi connectivity index (χ2n) is 3.50. The summed E-state index contributed by atoms with van der Waals surface area (Å²) in [4.78, 5) is 0. The monoisotopic (exact) mass is 212 g/mol. The Bertz CT molecular complexity index is 326. The van der Waals surface area contributed by atoms with Crippen LogP contribution in [0.5, 0.6) is 5.75 Å². The van der Waals surface area contributed by atoms with Crippen molar-refractivity contribution in [2.75, 3.05) is 7.11 Å². The summed E-state index contributed by atoms with van der Waals surface area (Å²) in [6, 6.07) is 3.65. The van der Waals surface area contributed by atoms with Gasteiger partial charge in [-0.1, -0.05) is 31.5 Å². The van der Waals surface area contributed by atoms with E-state index < -0.39 is 0 Å². The van der Waals surface area contributed by atoms with Gasteiger partial charge in [0.25, 0.3) is 0 Å². The summed E-state index contributed by atoms with van der Waals surface area (Å²) in [7, 11) is 1.54. The Morgan fingerprint density at radius 3 is 2.50 bits per heavy atom. The Kier molecular flexibility index (Phi) is 3.84. The van der Waals surface area contributed by atoms with Gasteiger partial charge in [0.05, 0.1) is 7.11 Å². The van der Waals surface area contributed by atoms with Crippen molar-refractivity contribution < 1.29 is 9.76 Å². The van der Waals surface area contributed by atoms with Crippen molar-refractivity contribution in [2.24, 2.45) is 0 Å². The topological polar surface area (TPSA) is 29.5 Å². The minimum atomic E-state index is -0.0277. The standard InChI is InChI=1S/C10H14BClO2/c1-6(2)7-4-8(11-13)10(14-3)5-9(7)12/h4-6,11,13H,1-3H3. The van der Waals surface area contributed by atoms with E-state index in [1.54, 1.807) is 13.2 Å². The molecule has 0 bridgehead atoms. The highest BCUT2D eigenvalue weighted by molar-refractivity contribution is 6.47. The normalized spacial score (nSPS) is 10.4. The summed E-state index contributed by atoms with van der Waals surface area (Å²) in [5.74, 6) is 0.987. The molecule has 0 aliphatic heterocycles. The molecule has 0 saturated carbocycles. The number of benzene rings is 1. The highest BCUT2D eigenvalue weighted by atomic mass is 35.5. The van der Waals surface area contributed by atoms with Gasteiger partial charge in [0, 0.05) is 5.02 Å². The van der Waals surface area contributed by atoms with Crippen LogP contribution < -0.4 is 10.2 Å². The van der Waals surface area contributed by atoms with Gasteiger partial charge in [0.15, 0.2) is 0 Å². The first-order chi connectivity index (χ1) is 6.60. The predicted octanol–water partition coefficient (Wildman–Crippen LogP) is 1.44. The summed E-state index contributed by atoms with van der Waals surface area (Å²) in [5.41, 5.74) is 1.82. The van der Waals surface area contributed by atoms with E-state index in [9.17, 15) is 0 Å². The van der Waals surface area contributed by atoms with Crippen molar-refractivity contribution in [3.8, 4) is 5.75 Å². The minimum absolute atomic E-state index is 0.0277. The fraction of sp³-hybridized carbons (Fsp3) is 0.400. The van der Waals surface area contributed by atoms with Gasteiger partial charge < -0.3 is 9.76 Å². The second-order valence-corrected chi connectivity index (χ2v) is 3.91. The van der Waals surface area contributed by atoms with Gasteiger partial charge >= 0.3 is 7.48 Å². The maximum absolute atomic E-state index is 9.12. The molecule has 0 saturated heterocycles. The van der Waals surface area contributed by atoms with Crippen LogP contribution in [0.15, 0.2) is 12.1 Å². The summed E-state index contributed by atoms with van der Waals surface area (Å²) in [6.07, 6.45) is 0. The molecule has 14 heavy (non-hydrogen) atoms. The largest absolute Gasteiger partial charge is 0.497 e. The highest BCUT2D eigenvalue weighted by Crippen LogP contribution is 2.26. The fourth-order valence-corrected chi connectivity index (χ4v) is 1.75. The van der Waals surface area contributed by atoms with Crippen molar-refractivity contribution in [2.45, 2.75) is 19.8 Å². The van der Waals surface area contributed by atoms with Crippen LogP contribution in [0.3, 0.4) is 0 Å². The zero-order chi connectivity index (χ0) is 10.7. The third kappa shape index (κ3) is 2.22. The molecule has 0 amide bonds. The molecule has 1 aromatic carbocycles. The average molecular weight is 212 g/mol. The summed E-state index contributed by atoms with van der Waals surface area (Å²) in [5, 5.41) is 9.81. The Balaban J connectivity index is 3.23. The molecule has 0 aliphatic rings. The molecule has 0 aromatic heterocycles. The Morgan fingerprint density at radius 2 is 2.07 bits per heavy atom. The lowest BCUT2D eigenvalue weighted by Crippen LogP contribution is -2.17. The van der Waals surface area contributed by atoms with Crippen molar-refractivity contribution in [1.82, 2.24) is 0 Å². The quantitative estimate of drug-likeness (QED) is 0.769. The van der Waals surface area contributed by atoms with Crippen molar-refractivity contribution in [3.63, 3.8) is 0 Å². The van der Waals surface area contributed by atoms with Crippen LogP contribution in [-0.4, -0.2) is 19.6 Å². The Hall–Kier alpha value is -0.665.